The fourth-order valence-corrected chi connectivity index (χ4v) is 3.19. The third-order valence-corrected chi connectivity index (χ3v) is 4.20. The number of pyridine rings is 1. The number of para-hydroxylation sites is 1. The van der Waals surface area contributed by atoms with Crippen LogP contribution in [0.25, 0.3) is 32.8 Å². The van der Waals surface area contributed by atoms with Gasteiger partial charge in [-0.05, 0) is 18.2 Å². The van der Waals surface area contributed by atoms with Gasteiger partial charge in [0.15, 0.2) is 0 Å². The Morgan fingerprint density at radius 2 is 1.86 bits per heavy atom. The first-order valence-corrected chi connectivity index (χ1v) is 6.72. The van der Waals surface area contributed by atoms with E-state index in [-0.39, 0.29) is 29.8 Å². The molecule has 0 spiro atoms. The smallest absolute Gasteiger partial charge is 0.243 e. The van der Waals surface area contributed by atoms with Crippen LogP contribution in [0.5, 0.6) is 0 Å². The quantitative estimate of drug-likeness (QED) is 0.330. The van der Waals surface area contributed by atoms with E-state index in [4.69, 9.17) is 11.6 Å². The van der Waals surface area contributed by atoms with E-state index in [1.54, 1.807) is 6.07 Å². The maximum Gasteiger partial charge on any atom is 0.243 e. The van der Waals surface area contributed by atoms with Crippen LogP contribution in [0.2, 0.25) is 5.02 Å². The predicted molar refractivity (Wildman–Crippen MR) is 79.5 cm³/mol. The highest BCUT2D eigenvalue weighted by atomic mass is 127. The van der Waals surface area contributed by atoms with E-state index in [9.17, 15) is 4.39 Å². The normalized spacial score (nSPS) is 11.2. The van der Waals surface area contributed by atoms with E-state index in [1.165, 1.54) is 6.07 Å². The van der Waals surface area contributed by atoms with Crippen molar-refractivity contribution in [2.24, 2.45) is 7.05 Å². The van der Waals surface area contributed by atoms with E-state index in [1.807, 2.05) is 41.9 Å². The summed E-state index contributed by atoms with van der Waals surface area (Å²) in [6, 6.07) is 12.9. The lowest BCUT2D eigenvalue weighted by Crippen LogP contribution is -3.00. The third-order valence-electron chi connectivity index (χ3n) is 3.80. The summed E-state index contributed by atoms with van der Waals surface area (Å²) in [6.07, 6.45) is 0. The number of hydrogen-bond donors (Lipinski definition) is 1. The molecule has 0 bridgehead atoms. The van der Waals surface area contributed by atoms with Crippen LogP contribution in [0.1, 0.15) is 0 Å². The number of nitrogens with one attached hydrogen (secondary N) is 1. The van der Waals surface area contributed by atoms with Crippen molar-refractivity contribution < 1.29 is 32.9 Å². The van der Waals surface area contributed by atoms with Gasteiger partial charge < -0.3 is 29.0 Å². The van der Waals surface area contributed by atoms with Crippen LogP contribution in [0.3, 0.4) is 0 Å². The summed E-state index contributed by atoms with van der Waals surface area (Å²) in [5, 5.41) is 2.16. The number of aromatic amines is 1. The summed E-state index contributed by atoms with van der Waals surface area (Å²) in [5.41, 5.74) is 3.30. The van der Waals surface area contributed by atoms with Gasteiger partial charge in [-0.25, -0.2) is 4.39 Å². The van der Waals surface area contributed by atoms with Crippen molar-refractivity contribution in [3.63, 3.8) is 0 Å². The summed E-state index contributed by atoms with van der Waals surface area (Å²) in [5.74, 6) is -0.240. The van der Waals surface area contributed by atoms with Crippen LogP contribution < -0.4 is 28.5 Å². The van der Waals surface area contributed by atoms with Gasteiger partial charge in [-0.1, -0.05) is 29.8 Å². The van der Waals surface area contributed by atoms with Crippen molar-refractivity contribution in [2.75, 3.05) is 0 Å². The van der Waals surface area contributed by atoms with Crippen LogP contribution >= 0.6 is 11.6 Å². The fourth-order valence-electron chi connectivity index (χ4n) is 2.89. The summed E-state index contributed by atoms with van der Waals surface area (Å²) in [4.78, 5) is 3.23. The predicted octanol–water partition coefficient (Wildman–Crippen LogP) is 1.10. The second-order valence-corrected chi connectivity index (χ2v) is 5.28. The zero-order valence-electron chi connectivity index (χ0n) is 11.1. The maximum atomic E-state index is 14.2. The largest absolute Gasteiger partial charge is 1.00 e. The number of rotatable bonds is 0. The van der Waals surface area contributed by atoms with Crippen molar-refractivity contribution >= 4 is 44.4 Å². The van der Waals surface area contributed by atoms with Crippen LogP contribution in [0, 0.1) is 5.82 Å². The molecular formula is C16H11ClFIN2. The Balaban J connectivity index is 0.00000132. The van der Waals surface area contributed by atoms with Crippen LogP contribution in [0.4, 0.5) is 4.39 Å². The Morgan fingerprint density at radius 1 is 1.10 bits per heavy atom. The van der Waals surface area contributed by atoms with Gasteiger partial charge in [0.2, 0.25) is 11.0 Å². The molecule has 0 saturated heterocycles. The molecule has 0 amide bonds. The molecule has 0 aliphatic rings. The van der Waals surface area contributed by atoms with Crippen molar-refractivity contribution in [2.45, 2.75) is 0 Å². The number of aryl methyl sites for hydroxylation is 1. The molecule has 0 unspecified atom stereocenters. The minimum absolute atomic E-state index is 0. The summed E-state index contributed by atoms with van der Waals surface area (Å²) < 4.78 is 16.2. The van der Waals surface area contributed by atoms with Crippen molar-refractivity contribution in [1.82, 2.24) is 4.98 Å². The van der Waals surface area contributed by atoms with E-state index in [0.29, 0.717) is 10.4 Å². The number of fused-ring (bicyclic) bond motifs is 4. The molecule has 0 saturated carbocycles. The Kier molecular flexibility index (Phi) is 3.53. The Morgan fingerprint density at radius 3 is 2.67 bits per heavy atom. The third kappa shape index (κ3) is 1.92. The van der Waals surface area contributed by atoms with Gasteiger partial charge in [-0.3, -0.25) is 0 Å². The zero-order chi connectivity index (χ0) is 13.9. The first-order chi connectivity index (χ1) is 9.68. The lowest BCUT2D eigenvalue weighted by Gasteiger charge is -2.01. The number of nitrogens with zero attached hydrogens (tertiary/aromatic N) is 1. The highest BCUT2D eigenvalue weighted by Crippen LogP contribution is 2.33. The second kappa shape index (κ2) is 5.10. The lowest BCUT2D eigenvalue weighted by atomic mass is 10.1. The first kappa shape index (κ1) is 14.5. The number of hydrogen-bond acceptors (Lipinski definition) is 0. The van der Waals surface area contributed by atoms with Crippen LogP contribution in [-0.4, -0.2) is 4.98 Å². The number of H-pyrrole nitrogens is 1. The van der Waals surface area contributed by atoms with Gasteiger partial charge in [0.1, 0.15) is 23.8 Å². The van der Waals surface area contributed by atoms with E-state index >= 15 is 0 Å². The molecule has 5 heteroatoms. The van der Waals surface area contributed by atoms with Gasteiger partial charge in [0, 0.05) is 6.07 Å². The molecule has 0 aliphatic carbocycles. The topological polar surface area (TPSA) is 19.7 Å². The Bertz CT molecular complexity index is 994. The van der Waals surface area contributed by atoms with Gasteiger partial charge in [-0.15, -0.1) is 0 Å². The molecule has 4 aromatic rings. The van der Waals surface area contributed by atoms with Gasteiger partial charge in [0.25, 0.3) is 0 Å². The van der Waals surface area contributed by atoms with Gasteiger partial charge >= 0.3 is 0 Å². The molecule has 4 rings (SSSR count). The van der Waals surface area contributed by atoms with E-state index < -0.39 is 0 Å². The van der Waals surface area contributed by atoms with Crippen molar-refractivity contribution in [3.8, 4) is 0 Å². The summed E-state index contributed by atoms with van der Waals surface area (Å²) in [7, 11) is 1.93. The first-order valence-electron chi connectivity index (χ1n) is 6.34. The maximum absolute atomic E-state index is 14.2. The monoisotopic (exact) mass is 412 g/mol. The Hall–Kier alpha value is -1.40. The molecule has 106 valence electrons. The molecule has 2 heterocycles. The fraction of sp³-hybridized carbons (Fsp3) is 0.0625. The average Bonchev–Trinajstić information content (AvgIpc) is 2.86. The van der Waals surface area contributed by atoms with Crippen LogP contribution in [-0.2, 0) is 7.05 Å². The number of aromatic nitrogens is 2. The molecule has 0 atom stereocenters. The molecule has 2 nitrogen and oxygen atoms in total. The molecule has 2 aromatic carbocycles. The molecule has 0 aliphatic heterocycles. The molecular weight excluding hydrogens is 402 g/mol. The summed E-state index contributed by atoms with van der Waals surface area (Å²) >= 11 is 6.50. The SMILES string of the molecule is C[n+]1c2ccccc2c(Cl)c2[nH]c3cccc(F)c3c21.[I-]. The van der Waals surface area contributed by atoms with Crippen molar-refractivity contribution in [1.29, 1.82) is 0 Å². The highest BCUT2D eigenvalue weighted by molar-refractivity contribution is 6.40. The van der Waals surface area contributed by atoms with E-state index in [2.05, 4.69) is 4.98 Å². The molecule has 0 fully saturated rings. The Labute approximate surface area is 142 Å². The second-order valence-electron chi connectivity index (χ2n) is 4.90. The van der Waals surface area contributed by atoms with Crippen molar-refractivity contribution in [3.05, 3.63) is 53.3 Å². The average molecular weight is 413 g/mol. The summed E-state index contributed by atoms with van der Waals surface area (Å²) in [6.45, 7) is 0. The minimum Gasteiger partial charge on any atom is -1.00 e. The molecule has 0 radical (unpaired) electrons. The van der Waals surface area contributed by atoms with Gasteiger partial charge in [0.05, 0.1) is 15.9 Å². The number of halogens is 3. The number of benzene rings is 2. The highest BCUT2D eigenvalue weighted by Gasteiger charge is 2.23. The molecule has 1 N–H and O–H groups in total. The van der Waals surface area contributed by atoms with Gasteiger partial charge in [-0.2, -0.15) is 4.57 Å². The minimum atomic E-state index is -0.240. The molecule has 2 aromatic heterocycles. The van der Waals surface area contributed by atoms with E-state index in [0.717, 1.165) is 27.5 Å². The zero-order valence-corrected chi connectivity index (χ0v) is 14.0. The standard InChI is InChI=1S/C16H10ClFN2.HI/c1-20-12-8-3-2-5-9(12)14(17)15-16(20)13-10(18)6-4-7-11(13)19-15;/h2-8H,1H3;1H. The molecule has 21 heavy (non-hydrogen) atoms. The lowest BCUT2D eigenvalue weighted by molar-refractivity contribution is -0.616. The van der Waals surface area contributed by atoms with Crippen LogP contribution in [0.15, 0.2) is 42.5 Å².